The topological polar surface area (TPSA) is 79.0 Å². The van der Waals surface area contributed by atoms with Crippen molar-refractivity contribution in [3.05, 3.63) is 95.1 Å². The number of benzene rings is 3. The first-order valence-corrected chi connectivity index (χ1v) is 11.8. The van der Waals surface area contributed by atoms with E-state index in [1.54, 1.807) is 35.1 Å². The van der Waals surface area contributed by atoms with Crippen LogP contribution in [0.4, 0.5) is 5.69 Å². The summed E-state index contributed by atoms with van der Waals surface area (Å²) in [7, 11) is 1.63. The van der Waals surface area contributed by atoms with Gasteiger partial charge in [0.1, 0.15) is 11.9 Å². The number of anilines is 1. The van der Waals surface area contributed by atoms with Crippen LogP contribution in [0.5, 0.6) is 5.75 Å². The second-order valence-corrected chi connectivity index (χ2v) is 8.70. The Hall–Kier alpha value is -4.13. The van der Waals surface area contributed by atoms with Crippen LogP contribution < -0.4 is 15.0 Å². The van der Waals surface area contributed by atoms with Crippen molar-refractivity contribution in [1.82, 2.24) is 10.2 Å². The van der Waals surface area contributed by atoms with Crippen molar-refractivity contribution in [1.29, 1.82) is 0 Å². The maximum atomic E-state index is 13.4. The summed E-state index contributed by atoms with van der Waals surface area (Å²) in [5.74, 6) is 0.527. The van der Waals surface area contributed by atoms with Crippen molar-refractivity contribution in [2.24, 2.45) is 0 Å². The molecule has 1 N–H and O–H groups in total. The molecular weight excluding hydrogens is 442 g/mol. The number of amides is 3. The highest BCUT2D eigenvalue weighted by Gasteiger charge is 2.47. The highest BCUT2D eigenvalue weighted by molar-refractivity contribution is 6.16. The molecule has 7 nitrogen and oxygen atoms in total. The van der Waals surface area contributed by atoms with Gasteiger partial charge < -0.3 is 15.0 Å². The normalized spacial score (nSPS) is 16.0. The number of carbonyl (C=O) groups excluding carboxylic acids is 3. The lowest BCUT2D eigenvalue weighted by atomic mass is 10.0. The first-order chi connectivity index (χ1) is 17.1. The molecule has 7 heteroatoms. The zero-order chi connectivity index (χ0) is 24.4. The van der Waals surface area contributed by atoms with E-state index < -0.39 is 6.17 Å². The van der Waals surface area contributed by atoms with Crippen LogP contribution in [-0.4, -0.2) is 42.8 Å². The number of nitrogens with one attached hydrogen (secondary N) is 1. The van der Waals surface area contributed by atoms with Gasteiger partial charge in [-0.3, -0.25) is 19.3 Å². The van der Waals surface area contributed by atoms with E-state index in [1.807, 2.05) is 54.6 Å². The molecule has 5 rings (SSSR count). The molecule has 0 aliphatic carbocycles. The number of para-hydroxylation sites is 1. The number of ether oxygens (including phenoxy) is 1. The van der Waals surface area contributed by atoms with Crippen LogP contribution in [0.25, 0.3) is 0 Å². The molecule has 3 aromatic carbocycles. The highest BCUT2D eigenvalue weighted by Crippen LogP contribution is 2.45. The summed E-state index contributed by atoms with van der Waals surface area (Å²) in [6, 6.07) is 22.4. The predicted molar refractivity (Wildman–Crippen MR) is 132 cm³/mol. The van der Waals surface area contributed by atoms with E-state index in [9.17, 15) is 14.4 Å². The minimum absolute atomic E-state index is 0.0527. The summed E-state index contributed by atoms with van der Waals surface area (Å²) < 4.78 is 5.17. The second kappa shape index (κ2) is 9.62. The first kappa shape index (κ1) is 22.7. The Kier molecular flexibility index (Phi) is 6.23. The third kappa shape index (κ3) is 4.25. The van der Waals surface area contributed by atoms with Crippen LogP contribution in [0, 0.1) is 0 Å². The second-order valence-electron chi connectivity index (χ2n) is 8.70. The van der Waals surface area contributed by atoms with Crippen LogP contribution in [0.15, 0.2) is 72.8 Å². The van der Waals surface area contributed by atoms with Gasteiger partial charge in [-0.2, -0.15) is 0 Å². The molecule has 2 aliphatic rings. The van der Waals surface area contributed by atoms with Crippen molar-refractivity contribution in [2.45, 2.75) is 25.4 Å². The monoisotopic (exact) mass is 469 g/mol. The number of rotatable bonds is 8. The van der Waals surface area contributed by atoms with Crippen molar-refractivity contribution in [3.63, 3.8) is 0 Å². The lowest BCUT2D eigenvalue weighted by Crippen LogP contribution is -2.48. The molecule has 1 atom stereocenters. The average molecular weight is 470 g/mol. The maximum Gasteiger partial charge on any atom is 0.260 e. The van der Waals surface area contributed by atoms with Gasteiger partial charge in [-0.1, -0.05) is 42.5 Å². The molecule has 178 valence electrons. The molecule has 3 aromatic rings. The Morgan fingerprint density at radius 2 is 1.63 bits per heavy atom. The van der Waals surface area contributed by atoms with E-state index in [0.29, 0.717) is 42.7 Å². The molecule has 0 spiro atoms. The van der Waals surface area contributed by atoms with Gasteiger partial charge in [-0.15, -0.1) is 0 Å². The molecule has 0 radical (unpaired) electrons. The third-order valence-corrected chi connectivity index (χ3v) is 6.58. The standard InChI is InChI=1S/C28H27N3O4/c1-35-20-14-12-19(13-15-20)16-17-29-25(32)11-6-18-30-26-21-7-2-3-8-22(21)28(34)31(26)24-10-5-4-9-23(24)27(30)33/h2-5,7-10,12-15,26H,6,11,16-18H2,1H3,(H,29,32)/t26-/m0/s1. The van der Waals surface area contributed by atoms with E-state index >= 15 is 0 Å². The Bertz CT molecular complexity index is 1270. The summed E-state index contributed by atoms with van der Waals surface area (Å²) in [5.41, 5.74) is 3.70. The van der Waals surface area contributed by atoms with Gasteiger partial charge in [-0.25, -0.2) is 0 Å². The van der Waals surface area contributed by atoms with Gasteiger partial charge in [0.25, 0.3) is 11.8 Å². The van der Waals surface area contributed by atoms with Gasteiger partial charge in [0.15, 0.2) is 0 Å². The molecule has 0 saturated carbocycles. The molecule has 35 heavy (non-hydrogen) atoms. The maximum absolute atomic E-state index is 13.4. The van der Waals surface area contributed by atoms with Crippen molar-refractivity contribution in [3.8, 4) is 5.75 Å². The summed E-state index contributed by atoms with van der Waals surface area (Å²) in [4.78, 5) is 42.5. The van der Waals surface area contributed by atoms with Crippen LogP contribution >= 0.6 is 0 Å². The van der Waals surface area contributed by atoms with Gasteiger partial charge in [0.2, 0.25) is 5.91 Å². The van der Waals surface area contributed by atoms with Gasteiger partial charge in [0.05, 0.1) is 18.4 Å². The minimum atomic E-state index is -0.487. The highest BCUT2D eigenvalue weighted by atomic mass is 16.5. The Balaban J connectivity index is 1.23. The molecule has 0 bridgehead atoms. The Morgan fingerprint density at radius 3 is 2.40 bits per heavy atom. The minimum Gasteiger partial charge on any atom is -0.497 e. The number of fused-ring (bicyclic) bond motifs is 5. The van der Waals surface area contributed by atoms with E-state index in [2.05, 4.69) is 5.32 Å². The van der Waals surface area contributed by atoms with Crippen LogP contribution in [0.1, 0.15) is 50.9 Å². The fourth-order valence-corrected chi connectivity index (χ4v) is 4.84. The van der Waals surface area contributed by atoms with Gasteiger partial charge in [-0.05, 0) is 48.7 Å². The number of methoxy groups -OCH3 is 1. The zero-order valence-electron chi connectivity index (χ0n) is 19.6. The first-order valence-electron chi connectivity index (χ1n) is 11.8. The lowest BCUT2D eigenvalue weighted by Gasteiger charge is -2.41. The van der Waals surface area contributed by atoms with Gasteiger partial charge in [0, 0.05) is 30.6 Å². The largest absolute Gasteiger partial charge is 0.497 e. The van der Waals surface area contributed by atoms with E-state index in [0.717, 1.165) is 23.3 Å². The molecule has 2 aliphatic heterocycles. The quantitative estimate of drug-likeness (QED) is 0.542. The Morgan fingerprint density at radius 1 is 0.914 bits per heavy atom. The molecule has 2 heterocycles. The number of hydrogen-bond acceptors (Lipinski definition) is 4. The molecule has 0 aromatic heterocycles. The fraction of sp³-hybridized carbons (Fsp3) is 0.250. The fourth-order valence-electron chi connectivity index (χ4n) is 4.84. The van der Waals surface area contributed by atoms with E-state index in [1.165, 1.54) is 0 Å². The van der Waals surface area contributed by atoms with Crippen LogP contribution in [-0.2, 0) is 11.2 Å². The summed E-state index contributed by atoms with van der Waals surface area (Å²) in [6.07, 6.45) is 1.05. The molecule has 0 saturated heterocycles. The van der Waals surface area contributed by atoms with Crippen LogP contribution in [0.3, 0.4) is 0 Å². The average Bonchev–Trinajstić information content (AvgIpc) is 3.19. The molecular formula is C28H27N3O4. The molecule has 0 fully saturated rings. The summed E-state index contributed by atoms with van der Waals surface area (Å²) >= 11 is 0. The smallest absolute Gasteiger partial charge is 0.260 e. The lowest BCUT2D eigenvalue weighted by molar-refractivity contribution is -0.121. The number of hydrogen-bond donors (Lipinski definition) is 1. The van der Waals surface area contributed by atoms with Crippen molar-refractivity contribution >= 4 is 23.4 Å². The Labute approximate surface area is 204 Å². The van der Waals surface area contributed by atoms with E-state index in [-0.39, 0.29) is 17.7 Å². The zero-order valence-corrected chi connectivity index (χ0v) is 19.6. The summed E-state index contributed by atoms with van der Waals surface area (Å²) in [6.45, 7) is 0.918. The SMILES string of the molecule is COc1ccc(CCNC(=O)CCCN2C(=O)c3ccccc3N3C(=O)c4ccccc4[C@@H]23)cc1. The third-order valence-electron chi connectivity index (χ3n) is 6.58. The number of nitrogens with zero attached hydrogens (tertiary/aromatic N) is 2. The van der Waals surface area contributed by atoms with Crippen LogP contribution in [0.2, 0.25) is 0 Å². The molecule has 0 unspecified atom stereocenters. The summed E-state index contributed by atoms with van der Waals surface area (Å²) in [5, 5.41) is 2.96. The van der Waals surface area contributed by atoms with E-state index in [4.69, 9.17) is 4.74 Å². The van der Waals surface area contributed by atoms with Crippen molar-refractivity contribution in [2.75, 3.05) is 25.1 Å². The van der Waals surface area contributed by atoms with Gasteiger partial charge >= 0.3 is 0 Å². The number of carbonyl (C=O) groups is 3. The van der Waals surface area contributed by atoms with Crippen molar-refractivity contribution < 1.29 is 19.1 Å². The predicted octanol–water partition coefficient (Wildman–Crippen LogP) is 3.95. The molecule has 3 amide bonds.